The third-order valence-electron chi connectivity index (χ3n) is 9.51. The van der Waals surface area contributed by atoms with Crippen molar-refractivity contribution in [2.45, 2.75) is 36.1 Å². The normalized spacial score (nSPS) is 20.9. The summed E-state index contributed by atoms with van der Waals surface area (Å²) in [6, 6.07) is 12.2. The van der Waals surface area contributed by atoms with E-state index in [0.29, 0.717) is 29.2 Å². The number of piperazine rings is 1. The topological polar surface area (TPSA) is 148 Å². The smallest absolute Gasteiger partial charge is 0.270 e. The molecule has 49 heavy (non-hydrogen) atoms. The summed E-state index contributed by atoms with van der Waals surface area (Å²) in [7, 11) is -1.22. The van der Waals surface area contributed by atoms with Crippen molar-refractivity contribution in [3.05, 3.63) is 77.2 Å². The van der Waals surface area contributed by atoms with Gasteiger partial charge in [0, 0.05) is 68.7 Å². The standard InChI is InChI=1S/C34H38FN7O6S/c1-4-48-31-27(6-5-13-37-31)34(32(43)38-41-14-11-24(12-15-41)40-18-16-39(2)17-19-40)28-20-23(22-36)29(35)21-30(28)42(33(34)44)49(45,46)26-9-7-25(47-3)8-10-26/h5-10,13,20-21,24H,4,11-12,14-19H2,1-3H3,(H,38,43). The SMILES string of the molecule is CCOc1ncccc1C1(C(=O)NN2CCC(N3CCN(C)CC3)CC2)C(=O)N(S(=O)(=O)c2ccc(OC)cc2)c2cc(F)c(C#N)cc21. The molecule has 2 fully saturated rings. The maximum atomic E-state index is 15.4. The Balaban J connectivity index is 1.46. The van der Waals surface area contributed by atoms with E-state index in [1.54, 1.807) is 18.0 Å². The molecular weight excluding hydrogens is 653 g/mol. The van der Waals surface area contributed by atoms with E-state index in [9.17, 15) is 18.5 Å². The number of sulfonamides is 1. The average molecular weight is 692 g/mol. The van der Waals surface area contributed by atoms with Gasteiger partial charge in [-0.15, -0.1) is 0 Å². The molecule has 3 aliphatic heterocycles. The second-order valence-corrected chi connectivity index (χ2v) is 14.0. The minimum atomic E-state index is -4.74. The van der Waals surface area contributed by atoms with Crippen LogP contribution in [-0.2, 0) is 25.0 Å². The molecule has 2 saturated heterocycles. The number of anilines is 1. The van der Waals surface area contributed by atoms with Crippen molar-refractivity contribution in [2.24, 2.45) is 0 Å². The Bertz CT molecular complexity index is 1890. The number of nitrogens with one attached hydrogen (secondary N) is 1. The Kier molecular flexibility index (Phi) is 9.58. The van der Waals surface area contributed by atoms with Gasteiger partial charge in [-0.25, -0.2) is 27.1 Å². The van der Waals surface area contributed by atoms with Gasteiger partial charge in [0.15, 0.2) is 5.41 Å². The number of hydrogen-bond donors (Lipinski definition) is 1. The lowest BCUT2D eigenvalue weighted by atomic mass is 9.74. The Morgan fingerprint density at radius 2 is 1.78 bits per heavy atom. The number of nitrogens with zero attached hydrogens (tertiary/aromatic N) is 6. The van der Waals surface area contributed by atoms with Crippen LogP contribution < -0.4 is 19.2 Å². The molecule has 4 heterocycles. The minimum absolute atomic E-state index is 0.0455. The van der Waals surface area contributed by atoms with Crippen LogP contribution in [0.25, 0.3) is 0 Å². The number of hydrazine groups is 1. The molecule has 258 valence electrons. The Hall–Kier alpha value is -4.62. The van der Waals surface area contributed by atoms with Gasteiger partial charge >= 0.3 is 0 Å². The van der Waals surface area contributed by atoms with Crippen LogP contribution in [0, 0.1) is 17.1 Å². The van der Waals surface area contributed by atoms with Gasteiger partial charge in [0.2, 0.25) is 5.88 Å². The predicted molar refractivity (Wildman–Crippen MR) is 177 cm³/mol. The van der Waals surface area contributed by atoms with Crippen molar-refractivity contribution in [1.82, 2.24) is 25.2 Å². The lowest BCUT2D eigenvalue weighted by Crippen LogP contribution is -2.59. The fourth-order valence-corrected chi connectivity index (χ4v) is 8.33. The number of carbonyl (C=O) groups excluding carboxylic acids is 2. The van der Waals surface area contributed by atoms with Crippen LogP contribution in [0.1, 0.15) is 36.5 Å². The van der Waals surface area contributed by atoms with Crippen LogP contribution in [0.2, 0.25) is 0 Å². The highest BCUT2D eigenvalue weighted by molar-refractivity contribution is 7.93. The van der Waals surface area contributed by atoms with E-state index in [2.05, 4.69) is 27.3 Å². The highest BCUT2D eigenvalue weighted by atomic mass is 32.2. The first-order valence-electron chi connectivity index (χ1n) is 16.1. The molecule has 0 spiro atoms. The van der Waals surface area contributed by atoms with E-state index in [0.717, 1.165) is 51.2 Å². The van der Waals surface area contributed by atoms with Crippen LogP contribution in [-0.4, -0.2) is 106 Å². The summed E-state index contributed by atoms with van der Waals surface area (Å²) in [5, 5.41) is 11.5. The summed E-state index contributed by atoms with van der Waals surface area (Å²) >= 11 is 0. The van der Waals surface area contributed by atoms with E-state index in [-0.39, 0.29) is 28.5 Å². The second-order valence-electron chi connectivity index (χ2n) is 12.2. The maximum Gasteiger partial charge on any atom is 0.270 e. The number of piperidine rings is 1. The molecule has 2 aromatic carbocycles. The van der Waals surface area contributed by atoms with Gasteiger partial charge in [0.1, 0.15) is 17.6 Å². The van der Waals surface area contributed by atoms with Crippen LogP contribution >= 0.6 is 0 Å². The highest BCUT2D eigenvalue weighted by Gasteiger charge is 2.63. The number of halogens is 1. The molecule has 0 radical (unpaired) electrons. The van der Waals surface area contributed by atoms with E-state index >= 15 is 9.18 Å². The van der Waals surface area contributed by atoms with Crippen molar-refractivity contribution in [3.8, 4) is 17.7 Å². The first kappa shape index (κ1) is 34.3. The molecule has 0 aliphatic carbocycles. The number of ether oxygens (including phenoxy) is 2. The van der Waals surface area contributed by atoms with Crippen LogP contribution in [0.5, 0.6) is 11.6 Å². The number of likely N-dealkylation sites (N-methyl/N-ethyl adjacent to an activating group) is 1. The summed E-state index contributed by atoms with van der Waals surface area (Å²) in [4.78, 5) is 38.6. The van der Waals surface area contributed by atoms with Gasteiger partial charge in [0.25, 0.3) is 21.8 Å². The second kappa shape index (κ2) is 13.7. The molecule has 3 aromatic rings. The van der Waals surface area contributed by atoms with Gasteiger partial charge in [-0.05, 0) is 63.2 Å². The van der Waals surface area contributed by atoms with Crippen molar-refractivity contribution in [1.29, 1.82) is 5.26 Å². The lowest BCUT2D eigenvalue weighted by Gasteiger charge is -2.42. The lowest BCUT2D eigenvalue weighted by molar-refractivity contribution is -0.137. The first-order valence-corrected chi connectivity index (χ1v) is 17.5. The van der Waals surface area contributed by atoms with E-state index < -0.39 is 44.3 Å². The van der Waals surface area contributed by atoms with Gasteiger partial charge in [-0.2, -0.15) is 5.26 Å². The van der Waals surface area contributed by atoms with Gasteiger partial charge in [-0.3, -0.25) is 19.9 Å². The van der Waals surface area contributed by atoms with Crippen LogP contribution in [0.4, 0.5) is 10.1 Å². The average Bonchev–Trinajstić information content (AvgIpc) is 3.36. The van der Waals surface area contributed by atoms with E-state index in [1.165, 1.54) is 49.7 Å². The number of pyridine rings is 1. The molecule has 15 heteroatoms. The maximum absolute atomic E-state index is 15.4. The molecular formula is C34H38FN7O6S. The van der Waals surface area contributed by atoms with E-state index in [1.807, 2.05) is 0 Å². The Morgan fingerprint density at radius 3 is 2.41 bits per heavy atom. The van der Waals surface area contributed by atoms with Crippen LogP contribution in [0.15, 0.2) is 59.6 Å². The summed E-state index contributed by atoms with van der Waals surface area (Å²) < 4.78 is 55.4. The number of methoxy groups -OCH3 is 1. The number of carbonyl (C=O) groups is 2. The number of nitriles is 1. The number of rotatable bonds is 9. The number of benzene rings is 2. The zero-order chi connectivity index (χ0) is 34.9. The number of amides is 2. The molecule has 3 aliphatic rings. The summed E-state index contributed by atoms with van der Waals surface area (Å²) in [6.07, 6.45) is 2.95. The number of aromatic nitrogens is 1. The van der Waals surface area contributed by atoms with Crippen molar-refractivity contribution in [2.75, 3.05) is 64.3 Å². The van der Waals surface area contributed by atoms with Crippen LogP contribution in [0.3, 0.4) is 0 Å². The highest BCUT2D eigenvalue weighted by Crippen LogP contribution is 2.51. The molecule has 1 unspecified atom stereocenters. The molecule has 1 atom stereocenters. The van der Waals surface area contributed by atoms with Gasteiger partial charge in [0.05, 0.1) is 29.9 Å². The van der Waals surface area contributed by atoms with Gasteiger partial charge < -0.3 is 14.4 Å². The Morgan fingerprint density at radius 1 is 1.08 bits per heavy atom. The quantitative estimate of drug-likeness (QED) is 0.330. The summed E-state index contributed by atoms with van der Waals surface area (Å²) in [6.45, 7) is 6.65. The molecule has 0 bridgehead atoms. The zero-order valence-electron chi connectivity index (χ0n) is 27.6. The molecule has 13 nitrogen and oxygen atoms in total. The third kappa shape index (κ3) is 5.99. The predicted octanol–water partition coefficient (Wildman–Crippen LogP) is 2.26. The number of hydrogen-bond acceptors (Lipinski definition) is 11. The summed E-state index contributed by atoms with van der Waals surface area (Å²) in [5.41, 5.74) is -0.630. The van der Waals surface area contributed by atoms with E-state index in [4.69, 9.17) is 9.47 Å². The molecule has 6 rings (SSSR count). The molecule has 2 amide bonds. The molecule has 1 aromatic heterocycles. The molecule has 1 N–H and O–H groups in total. The Labute approximate surface area is 284 Å². The number of fused-ring (bicyclic) bond motifs is 1. The first-order chi connectivity index (χ1) is 23.6. The monoisotopic (exact) mass is 691 g/mol. The molecule has 0 saturated carbocycles. The van der Waals surface area contributed by atoms with Crippen molar-refractivity contribution < 1.29 is 31.9 Å². The fourth-order valence-electron chi connectivity index (χ4n) is 6.87. The zero-order valence-corrected chi connectivity index (χ0v) is 28.4. The largest absolute Gasteiger partial charge is 0.497 e. The van der Waals surface area contributed by atoms with Gasteiger partial charge in [-0.1, -0.05) is 6.07 Å². The minimum Gasteiger partial charge on any atom is -0.497 e. The van der Waals surface area contributed by atoms with Crippen molar-refractivity contribution >= 4 is 27.5 Å². The fraction of sp³-hybridized carbons (Fsp3) is 0.412. The van der Waals surface area contributed by atoms with Crippen molar-refractivity contribution in [3.63, 3.8) is 0 Å². The summed E-state index contributed by atoms with van der Waals surface area (Å²) in [5.74, 6) is -2.83. The third-order valence-corrected chi connectivity index (χ3v) is 11.2.